The molecule has 5 heteroatoms. The van der Waals surface area contributed by atoms with Gasteiger partial charge in [0, 0.05) is 10.0 Å². The molecule has 21 heavy (non-hydrogen) atoms. The quantitative estimate of drug-likeness (QED) is 0.781. The fourth-order valence-corrected chi connectivity index (χ4v) is 2.86. The second-order valence-corrected chi connectivity index (χ2v) is 5.71. The maximum Gasteiger partial charge on any atom is 0.261 e. The molecule has 2 amide bonds. The van der Waals surface area contributed by atoms with Gasteiger partial charge in [-0.3, -0.25) is 14.5 Å². The molecule has 0 N–H and O–H groups in total. The Balaban J connectivity index is 1.93. The molecule has 1 aliphatic rings. The summed E-state index contributed by atoms with van der Waals surface area (Å²) in [5.41, 5.74) is 2.00. The lowest BCUT2D eigenvalue weighted by atomic mass is 9.98. The van der Waals surface area contributed by atoms with Crippen LogP contribution in [0.15, 0.2) is 46.9 Å². The fourth-order valence-electron chi connectivity index (χ4n) is 2.38. The van der Waals surface area contributed by atoms with Crippen LogP contribution in [0.25, 0.3) is 0 Å². The van der Waals surface area contributed by atoms with Crippen LogP contribution in [0.1, 0.15) is 21.5 Å². The van der Waals surface area contributed by atoms with Crippen LogP contribution in [0.3, 0.4) is 0 Å². The molecule has 2 aromatic rings. The zero-order chi connectivity index (χ0) is 15.0. The van der Waals surface area contributed by atoms with Gasteiger partial charge < -0.3 is 0 Å². The zero-order valence-electron chi connectivity index (χ0n) is 11.0. The first kappa shape index (κ1) is 13.9. The summed E-state index contributed by atoms with van der Waals surface area (Å²) in [4.78, 5) is 25.8. The Morgan fingerprint density at radius 2 is 1.90 bits per heavy atom. The van der Waals surface area contributed by atoms with Crippen molar-refractivity contribution in [3.05, 3.63) is 69.4 Å². The maximum atomic E-state index is 13.1. The van der Waals surface area contributed by atoms with Crippen molar-refractivity contribution in [3.8, 4) is 0 Å². The molecule has 0 unspecified atom stereocenters. The van der Waals surface area contributed by atoms with E-state index in [-0.39, 0.29) is 30.6 Å². The van der Waals surface area contributed by atoms with E-state index in [2.05, 4.69) is 15.9 Å². The van der Waals surface area contributed by atoms with Gasteiger partial charge in [-0.05, 0) is 29.3 Å². The van der Waals surface area contributed by atoms with Gasteiger partial charge in [-0.25, -0.2) is 4.39 Å². The third-order valence-electron chi connectivity index (χ3n) is 3.48. The van der Waals surface area contributed by atoms with Crippen molar-refractivity contribution < 1.29 is 14.0 Å². The van der Waals surface area contributed by atoms with Crippen LogP contribution < -0.4 is 0 Å². The number of halogens is 2. The zero-order valence-corrected chi connectivity index (χ0v) is 12.6. The van der Waals surface area contributed by atoms with E-state index in [4.69, 9.17) is 0 Å². The Kier molecular flexibility index (Phi) is 3.59. The van der Waals surface area contributed by atoms with Crippen molar-refractivity contribution in [2.75, 3.05) is 0 Å². The molecule has 0 radical (unpaired) electrons. The van der Waals surface area contributed by atoms with Crippen LogP contribution in [0.5, 0.6) is 0 Å². The predicted octanol–water partition coefficient (Wildman–Crippen LogP) is 3.31. The Bertz CT molecular complexity index is 745. The summed E-state index contributed by atoms with van der Waals surface area (Å²) in [7, 11) is 0. The van der Waals surface area contributed by atoms with Gasteiger partial charge in [0.05, 0.1) is 13.0 Å². The monoisotopic (exact) mass is 347 g/mol. The Hall–Kier alpha value is -2.01. The van der Waals surface area contributed by atoms with E-state index in [1.807, 2.05) is 6.07 Å². The van der Waals surface area contributed by atoms with Crippen molar-refractivity contribution in [2.24, 2.45) is 0 Å². The van der Waals surface area contributed by atoms with Crippen molar-refractivity contribution in [1.82, 2.24) is 4.90 Å². The molecule has 3 rings (SSSR count). The number of hydrogen-bond donors (Lipinski definition) is 0. The highest BCUT2D eigenvalue weighted by atomic mass is 79.9. The molecule has 3 nitrogen and oxygen atoms in total. The van der Waals surface area contributed by atoms with Gasteiger partial charge >= 0.3 is 0 Å². The standard InChI is InChI=1S/C16H11BrFNO2/c17-14-8-12(18)6-5-11(14)9-19-15(20)7-10-3-1-2-4-13(10)16(19)21/h1-6,8H,7,9H2. The average Bonchev–Trinajstić information content (AvgIpc) is 2.45. The number of carbonyl (C=O) groups is 2. The third-order valence-corrected chi connectivity index (χ3v) is 4.22. The molecule has 1 heterocycles. The number of hydrogen-bond acceptors (Lipinski definition) is 2. The van der Waals surface area contributed by atoms with Crippen molar-refractivity contribution in [1.29, 1.82) is 0 Å². The molecule has 0 saturated carbocycles. The smallest absolute Gasteiger partial charge is 0.261 e. The summed E-state index contributed by atoms with van der Waals surface area (Å²) in [5, 5.41) is 0. The van der Waals surface area contributed by atoms with Crippen LogP contribution in [0.4, 0.5) is 4.39 Å². The summed E-state index contributed by atoms with van der Waals surface area (Å²) in [6.45, 7) is 0.132. The Morgan fingerprint density at radius 3 is 2.67 bits per heavy atom. The van der Waals surface area contributed by atoms with Gasteiger partial charge in [0.2, 0.25) is 5.91 Å². The number of benzene rings is 2. The molecule has 0 fully saturated rings. The van der Waals surface area contributed by atoms with Crippen LogP contribution >= 0.6 is 15.9 Å². The minimum absolute atomic E-state index is 0.132. The average molecular weight is 348 g/mol. The van der Waals surface area contributed by atoms with Gasteiger partial charge in [0.15, 0.2) is 0 Å². The fraction of sp³-hybridized carbons (Fsp3) is 0.125. The lowest BCUT2D eigenvalue weighted by molar-refractivity contribution is -0.128. The molecule has 0 atom stereocenters. The minimum atomic E-state index is -0.368. The summed E-state index contributed by atoms with van der Waals surface area (Å²) >= 11 is 3.26. The molecular formula is C16H11BrFNO2. The lowest BCUT2D eigenvalue weighted by Gasteiger charge is -2.27. The molecule has 106 valence electrons. The number of fused-ring (bicyclic) bond motifs is 1. The van der Waals surface area contributed by atoms with Gasteiger partial charge in [-0.1, -0.05) is 40.2 Å². The largest absolute Gasteiger partial charge is 0.274 e. The normalized spacial score (nSPS) is 14.3. The molecular weight excluding hydrogens is 337 g/mol. The number of amides is 2. The predicted molar refractivity (Wildman–Crippen MR) is 79.1 cm³/mol. The number of imide groups is 1. The Labute approximate surface area is 129 Å². The molecule has 0 aliphatic carbocycles. The second kappa shape index (κ2) is 5.41. The van der Waals surface area contributed by atoms with Gasteiger partial charge in [0.25, 0.3) is 5.91 Å². The van der Waals surface area contributed by atoms with Crippen LogP contribution in [-0.4, -0.2) is 16.7 Å². The highest BCUT2D eigenvalue weighted by molar-refractivity contribution is 9.10. The molecule has 0 spiro atoms. The van der Waals surface area contributed by atoms with Crippen molar-refractivity contribution in [3.63, 3.8) is 0 Å². The van der Waals surface area contributed by atoms with E-state index >= 15 is 0 Å². The van der Waals surface area contributed by atoms with E-state index in [0.29, 0.717) is 15.6 Å². The highest BCUT2D eigenvalue weighted by Crippen LogP contribution is 2.24. The number of nitrogens with zero attached hydrogens (tertiary/aromatic N) is 1. The maximum absolute atomic E-state index is 13.1. The van der Waals surface area contributed by atoms with E-state index in [1.165, 1.54) is 17.0 Å². The van der Waals surface area contributed by atoms with E-state index in [0.717, 1.165) is 5.56 Å². The molecule has 0 aromatic heterocycles. The van der Waals surface area contributed by atoms with E-state index < -0.39 is 0 Å². The molecule has 2 aromatic carbocycles. The molecule has 1 aliphatic heterocycles. The SMILES string of the molecule is O=C1Cc2ccccc2C(=O)N1Cc1ccc(F)cc1Br. The second-order valence-electron chi connectivity index (χ2n) is 4.85. The van der Waals surface area contributed by atoms with Crippen LogP contribution in [0, 0.1) is 5.82 Å². The topological polar surface area (TPSA) is 37.4 Å². The van der Waals surface area contributed by atoms with Crippen LogP contribution in [-0.2, 0) is 17.8 Å². The van der Waals surface area contributed by atoms with E-state index in [1.54, 1.807) is 24.3 Å². The van der Waals surface area contributed by atoms with Crippen LogP contribution in [0.2, 0.25) is 0 Å². The molecule has 0 bridgehead atoms. The van der Waals surface area contributed by atoms with Crippen molar-refractivity contribution >= 4 is 27.7 Å². The lowest BCUT2D eigenvalue weighted by Crippen LogP contribution is -2.41. The summed E-state index contributed by atoms with van der Waals surface area (Å²) in [5.74, 6) is -0.916. The van der Waals surface area contributed by atoms with Crippen molar-refractivity contribution in [2.45, 2.75) is 13.0 Å². The number of rotatable bonds is 2. The van der Waals surface area contributed by atoms with Gasteiger partial charge in [-0.2, -0.15) is 0 Å². The number of carbonyl (C=O) groups excluding carboxylic acids is 2. The first-order valence-corrected chi connectivity index (χ1v) is 7.22. The summed E-state index contributed by atoms with van der Waals surface area (Å²) in [6.07, 6.45) is 0.209. The first-order chi connectivity index (χ1) is 10.1. The highest BCUT2D eigenvalue weighted by Gasteiger charge is 2.30. The minimum Gasteiger partial charge on any atom is -0.274 e. The van der Waals surface area contributed by atoms with E-state index in [9.17, 15) is 14.0 Å². The molecule has 0 saturated heterocycles. The Morgan fingerprint density at radius 1 is 1.14 bits per heavy atom. The van der Waals surface area contributed by atoms with Gasteiger partial charge in [-0.15, -0.1) is 0 Å². The third kappa shape index (κ3) is 2.61. The van der Waals surface area contributed by atoms with Gasteiger partial charge in [0.1, 0.15) is 5.82 Å². The summed E-state index contributed by atoms with van der Waals surface area (Å²) < 4.78 is 13.6. The summed E-state index contributed by atoms with van der Waals surface area (Å²) in [6, 6.07) is 11.3. The first-order valence-electron chi connectivity index (χ1n) is 6.43.